The van der Waals surface area contributed by atoms with Crippen molar-refractivity contribution in [3.63, 3.8) is 0 Å². The Morgan fingerprint density at radius 3 is 2.12 bits per heavy atom. The summed E-state index contributed by atoms with van der Waals surface area (Å²) in [5, 5.41) is 0. The molecule has 2 aliphatic rings. The largest absolute Gasteiger partial charge is 0.306 e. The molecule has 1 aromatic carbocycles. The van der Waals surface area contributed by atoms with Crippen LogP contribution in [0.5, 0.6) is 0 Å². The Balaban J connectivity index is 0. The van der Waals surface area contributed by atoms with Crippen LogP contribution in [0.4, 0.5) is 0 Å². The Kier molecular flexibility index (Phi) is 26.3. The second kappa shape index (κ2) is 26.8. The van der Waals surface area contributed by atoms with Gasteiger partial charge in [-0.2, -0.15) is 0 Å². The summed E-state index contributed by atoms with van der Waals surface area (Å²) in [7, 11) is 3.99. The molecule has 0 spiro atoms. The monoisotopic (exact) mass is 574 g/mol. The van der Waals surface area contributed by atoms with Crippen LogP contribution < -0.4 is 0 Å². The number of rotatable bonds is 7. The summed E-state index contributed by atoms with van der Waals surface area (Å²) >= 11 is 0. The van der Waals surface area contributed by atoms with Gasteiger partial charge in [-0.1, -0.05) is 114 Å². The summed E-state index contributed by atoms with van der Waals surface area (Å²) in [5.41, 5.74) is 8.08. The second-order valence-corrected chi connectivity index (χ2v) is 10.3. The van der Waals surface area contributed by atoms with E-state index in [1.165, 1.54) is 54.6 Å². The third kappa shape index (κ3) is 19.1. The molecule has 234 valence electrons. The highest BCUT2D eigenvalue weighted by molar-refractivity contribution is 6.10. The van der Waals surface area contributed by atoms with Crippen LogP contribution in [0.25, 0.3) is 0 Å². The summed E-state index contributed by atoms with van der Waals surface area (Å²) in [6.07, 6.45) is 21.4. The normalized spacial score (nSPS) is 15.5. The molecule has 0 aromatic heterocycles. The number of likely N-dealkylation sites (tertiary alicyclic amines) is 1. The van der Waals surface area contributed by atoms with Crippen molar-refractivity contribution in [3.8, 4) is 0 Å². The van der Waals surface area contributed by atoms with Gasteiger partial charge in [-0.3, -0.25) is 9.98 Å². The maximum absolute atomic E-state index is 4.79. The molecule has 0 radical (unpaired) electrons. The topological polar surface area (TPSA) is 28.0 Å². The number of nitrogens with zero attached hydrogens (tertiary/aromatic N) is 3. The van der Waals surface area contributed by atoms with Crippen molar-refractivity contribution in [2.45, 2.75) is 94.9 Å². The molecule has 1 saturated heterocycles. The first-order chi connectivity index (χ1) is 20.2. The van der Waals surface area contributed by atoms with E-state index >= 15 is 0 Å². The van der Waals surface area contributed by atoms with Crippen LogP contribution in [-0.4, -0.2) is 44.0 Å². The van der Waals surface area contributed by atoms with E-state index in [0.717, 1.165) is 29.3 Å². The lowest BCUT2D eigenvalue weighted by atomic mass is 9.95. The Morgan fingerprint density at radius 1 is 1.02 bits per heavy atom. The fourth-order valence-electron chi connectivity index (χ4n) is 4.11. The van der Waals surface area contributed by atoms with Gasteiger partial charge in [0.15, 0.2) is 0 Å². The molecule has 3 rings (SSSR count). The van der Waals surface area contributed by atoms with Crippen LogP contribution in [0.3, 0.4) is 0 Å². The van der Waals surface area contributed by atoms with Crippen molar-refractivity contribution in [1.82, 2.24) is 4.90 Å². The molecule has 0 amide bonds. The zero-order valence-corrected chi connectivity index (χ0v) is 29.3. The van der Waals surface area contributed by atoms with Gasteiger partial charge < -0.3 is 4.90 Å². The molecular weight excluding hydrogens is 510 g/mol. The van der Waals surface area contributed by atoms with Gasteiger partial charge >= 0.3 is 0 Å². The van der Waals surface area contributed by atoms with Gasteiger partial charge in [0.25, 0.3) is 0 Å². The van der Waals surface area contributed by atoms with Crippen molar-refractivity contribution >= 4 is 11.9 Å². The molecule has 0 bridgehead atoms. The first kappa shape index (κ1) is 41.1. The van der Waals surface area contributed by atoms with E-state index in [9.17, 15) is 0 Å². The van der Waals surface area contributed by atoms with E-state index in [4.69, 9.17) is 4.99 Å². The minimum Gasteiger partial charge on any atom is -0.306 e. The lowest BCUT2D eigenvalue weighted by molar-refractivity contribution is 0.216. The molecular formula is C39H63N3. The number of piperidine rings is 1. The standard InChI is InChI=1S/C18H24N2.C9H10.C8H17N.2C2H6/c1-13(2)11-18(17-10-8-7-9-14(17)3)20-16(5)15(4)12-19-6;1-2-3-6-9-7-4-5-8-9;1-3-8-4-6-9(2)7-5-8;2*1-2/h7-12H,1-6H3;2-7H,1,8H2;8H,3-7H2,1-2H3;2*1-2H3/b16-15+,19-12?,20-18?;6-3+;;;. The summed E-state index contributed by atoms with van der Waals surface area (Å²) in [6.45, 7) is 26.9. The maximum Gasteiger partial charge on any atom is 0.0707 e. The van der Waals surface area contributed by atoms with Crippen LogP contribution in [0.15, 0.2) is 106 Å². The summed E-state index contributed by atoms with van der Waals surface area (Å²) in [4.78, 5) is 11.3. The minimum absolute atomic E-state index is 0.992. The first-order valence-electron chi connectivity index (χ1n) is 15.9. The van der Waals surface area contributed by atoms with Crippen LogP contribution >= 0.6 is 0 Å². The molecule has 1 fully saturated rings. The summed E-state index contributed by atoms with van der Waals surface area (Å²) < 4.78 is 0. The smallest absolute Gasteiger partial charge is 0.0707 e. The van der Waals surface area contributed by atoms with Gasteiger partial charge in [-0.05, 0) is 103 Å². The van der Waals surface area contributed by atoms with Crippen LogP contribution in [-0.2, 0) is 0 Å². The predicted octanol–water partition coefficient (Wildman–Crippen LogP) is 11.2. The number of hydrogen-bond acceptors (Lipinski definition) is 3. The highest BCUT2D eigenvalue weighted by atomic mass is 15.1. The van der Waals surface area contributed by atoms with E-state index < -0.39 is 0 Å². The lowest BCUT2D eigenvalue weighted by Gasteiger charge is -2.27. The van der Waals surface area contributed by atoms with Gasteiger partial charge in [-0.25, -0.2) is 0 Å². The Labute approximate surface area is 261 Å². The third-order valence-corrected chi connectivity index (χ3v) is 6.69. The van der Waals surface area contributed by atoms with Crippen molar-refractivity contribution in [3.05, 3.63) is 107 Å². The number of hydrogen-bond donors (Lipinski definition) is 0. The van der Waals surface area contributed by atoms with E-state index in [1.807, 2.05) is 53.8 Å². The highest BCUT2D eigenvalue weighted by Gasteiger charge is 2.13. The molecule has 1 aromatic rings. The minimum atomic E-state index is 0.992. The number of aliphatic imine (C=N–C) groups is 2. The first-order valence-corrected chi connectivity index (χ1v) is 15.9. The van der Waals surface area contributed by atoms with Gasteiger partial charge in [-0.15, -0.1) is 0 Å². The predicted molar refractivity (Wildman–Crippen MR) is 194 cm³/mol. The zero-order chi connectivity index (χ0) is 32.3. The van der Waals surface area contributed by atoms with Crippen molar-refractivity contribution < 1.29 is 0 Å². The molecule has 0 atom stereocenters. The van der Waals surface area contributed by atoms with E-state index in [0.29, 0.717) is 0 Å². The maximum atomic E-state index is 4.79. The second-order valence-electron chi connectivity index (χ2n) is 10.3. The van der Waals surface area contributed by atoms with Gasteiger partial charge in [0.1, 0.15) is 0 Å². The molecule has 1 aliphatic heterocycles. The lowest BCUT2D eigenvalue weighted by Crippen LogP contribution is -2.29. The SMILES string of the molecule is C=C/C=C/C1=CC=CC1.CC.CC.CCC1CCN(C)CC1.CN=C/C(C)=C(\C)N=C(C=C(C)C)c1ccccc1C. The van der Waals surface area contributed by atoms with E-state index in [1.54, 1.807) is 13.1 Å². The third-order valence-electron chi connectivity index (χ3n) is 6.69. The Morgan fingerprint density at radius 2 is 1.64 bits per heavy atom. The number of benzene rings is 1. The summed E-state index contributed by atoms with van der Waals surface area (Å²) in [5.74, 6) is 1.03. The molecule has 0 saturated carbocycles. The average Bonchev–Trinajstić information content (AvgIpc) is 3.53. The van der Waals surface area contributed by atoms with Crippen LogP contribution in [0.2, 0.25) is 0 Å². The Bertz CT molecular complexity index is 1060. The van der Waals surface area contributed by atoms with E-state index in [2.05, 4.69) is 106 Å². The van der Waals surface area contributed by atoms with Crippen molar-refractivity contribution in [2.24, 2.45) is 15.9 Å². The summed E-state index contributed by atoms with van der Waals surface area (Å²) in [6, 6.07) is 8.33. The molecule has 1 heterocycles. The molecule has 42 heavy (non-hydrogen) atoms. The quantitative estimate of drug-likeness (QED) is 0.235. The Hall–Kier alpha value is -3.04. The number of aryl methyl sites for hydroxylation is 1. The molecule has 1 aliphatic carbocycles. The molecule has 0 unspecified atom stereocenters. The zero-order valence-electron chi connectivity index (χ0n) is 29.3. The van der Waals surface area contributed by atoms with Gasteiger partial charge in [0.2, 0.25) is 0 Å². The van der Waals surface area contributed by atoms with Crippen molar-refractivity contribution in [1.29, 1.82) is 0 Å². The molecule has 3 heteroatoms. The van der Waals surface area contributed by atoms with Gasteiger partial charge in [0.05, 0.1) is 5.71 Å². The van der Waals surface area contributed by atoms with Gasteiger partial charge in [0, 0.05) is 24.5 Å². The van der Waals surface area contributed by atoms with Crippen LogP contribution in [0.1, 0.15) is 99.1 Å². The van der Waals surface area contributed by atoms with Crippen LogP contribution in [0, 0.1) is 12.8 Å². The fourth-order valence-corrected chi connectivity index (χ4v) is 4.11. The average molecular weight is 574 g/mol. The molecule has 0 N–H and O–H groups in total. The fraction of sp³-hybridized carbons (Fsp3) is 0.487. The highest BCUT2D eigenvalue weighted by Crippen LogP contribution is 2.18. The van der Waals surface area contributed by atoms with E-state index in [-0.39, 0.29) is 0 Å². The number of allylic oxidation sites excluding steroid dienone is 11. The van der Waals surface area contributed by atoms with Crippen molar-refractivity contribution in [2.75, 3.05) is 27.2 Å². The molecule has 3 nitrogen and oxygen atoms in total.